The van der Waals surface area contributed by atoms with E-state index in [9.17, 15) is 5.11 Å². The average molecular weight is 289 g/mol. The number of hydrogen-bond donors (Lipinski definition) is 1. The molecule has 1 aliphatic carbocycles. The summed E-state index contributed by atoms with van der Waals surface area (Å²) in [6.07, 6.45) is 14.1. The van der Waals surface area contributed by atoms with Gasteiger partial charge in [-0.1, -0.05) is 64.5 Å². The normalized spacial score (nSPS) is 23.1. The minimum absolute atomic E-state index is 0.0428. The number of halogens is 1. The summed E-state index contributed by atoms with van der Waals surface area (Å²) in [4.78, 5) is 0. The lowest BCUT2D eigenvalue weighted by Crippen LogP contribution is -1.89. The topological polar surface area (TPSA) is 20.2 Å². The van der Waals surface area contributed by atoms with Gasteiger partial charge in [-0.2, -0.15) is 0 Å². The van der Waals surface area contributed by atoms with E-state index in [2.05, 4.69) is 28.1 Å². The van der Waals surface area contributed by atoms with Gasteiger partial charge in [0.05, 0.1) is 6.61 Å². The maximum atomic E-state index is 9.25. The monoisotopic (exact) mass is 288 g/mol. The molecule has 1 aromatic rings. The van der Waals surface area contributed by atoms with Crippen LogP contribution in [-0.4, -0.2) is 5.11 Å². The van der Waals surface area contributed by atoms with Crippen LogP contribution in [0.2, 0.25) is 0 Å². The van der Waals surface area contributed by atoms with E-state index in [0.717, 1.165) is 21.2 Å². The zero-order valence-corrected chi connectivity index (χ0v) is 10.9. The van der Waals surface area contributed by atoms with Crippen molar-refractivity contribution < 1.29 is 5.11 Å². The highest BCUT2D eigenvalue weighted by Crippen LogP contribution is 2.24. The van der Waals surface area contributed by atoms with Crippen LogP contribution in [0.3, 0.4) is 0 Å². The number of benzene rings is 1. The van der Waals surface area contributed by atoms with Gasteiger partial charge < -0.3 is 5.11 Å². The molecule has 1 aliphatic rings. The Morgan fingerprint density at radius 1 is 1.00 bits per heavy atom. The van der Waals surface area contributed by atoms with Crippen LogP contribution in [0.15, 0.2) is 65.2 Å². The van der Waals surface area contributed by atoms with Crippen LogP contribution >= 0.6 is 15.9 Å². The van der Waals surface area contributed by atoms with Crippen molar-refractivity contribution in [1.82, 2.24) is 0 Å². The second kappa shape index (κ2) is 5.80. The molecule has 0 heterocycles. The van der Waals surface area contributed by atoms with Crippen LogP contribution in [-0.2, 0) is 6.61 Å². The van der Waals surface area contributed by atoms with Gasteiger partial charge in [0.15, 0.2) is 0 Å². The fourth-order valence-electron chi connectivity index (χ4n) is 1.63. The molecule has 0 unspecified atom stereocenters. The van der Waals surface area contributed by atoms with E-state index in [0.29, 0.717) is 0 Å². The summed E-state index contributed by atoms with van der Waals surface area (Å²) in [5.41, 5.74) is 3.14. The molecule has 0 aromatic heterocycles. The molecule has 0 aliphatic heterocycles. The summed E-state index contributed by atoms with van der Waals surface area (Å²) in [6.45, 7) is 0.0428. The number of aliphatic hydroxyl groups is 1. The second-order valence-electron chi connectivity index (χ2n) is 3.72. The van der Waals surface area contributed by atoms with E-state index in [1.807, 2.05) is 48.6 Å². The number of allylic oxidation sites excluding steroid dienone is 8. The minimum atomic E-state index is 0.0428. The van der Waals surface area contributed by atoms with Crippen molar-refractivity contribution in [2.45, 2.75) is 6.61 Å². The van der Waals surface area contributed by atoms with Gasteiger partial charge in [0.2, 0.25) is 0 Å². The first-order valence-corrected chi connectivity index (χ1v) is 6.22. The summed E-state index contributed by atoms with van der Waals surface area (Å²) in [7, 11) is 0. The number of hydrogen-bond acceptors (Lipinski definition) is 1. The van der Waals surface area contributed by atoms with Crippen molar-refractivity contribution in [3.63, 3.8) is 0 Å². The van der Waals surface area contributed by atoms with E-state index >= 15 is 0 Å². The van der Waals surface area contributed by atoms with Gasteiger partial charge in [-0.05, 0) is 28.8 Å². The molecular weight excluding hydrogens is 276 g/mol. The molecule has 1 nitrogen and oxygen atoms in total. The molecule has 0 saturated heterocycles. The molecule has 2 heteroatoms. The lowest BCUT2D eigenvalue weighted by atomic mass is 10.0. The predicted octanol–water partition coefficient (Wildman–Crippen LogP) is 4.01. The molecule has 17 heavy (non-hydrogen) atoms. The molecule has 0 radical (unpaired) electrons. The Labute approximate surface area is 110 Å². The Kier molecular flexibility index (Phi) is 4.13. The van der Waals surface area contributed by atoms with Crippen LogP contribution < -0.4 is 0 Å². The van der Waals surface area contributed by atoms with Crippen LogP contribution in [0, 0.1) is 0 Å². The highest BCUT2D eigenvalue weighted by atomic mass is 79.9. The molecule has 0 bridgehead atoms. The standard InChI is InChI=1S/C15H13BrO/c16-15-9-8-13(10-14(15)11-17)12-6-4-2-1-3-5-7-12/h1-10,17H,11H2/b2-1-,3-1?,4-2?,5-3-,6-4-,7-5?,12-6?,12-7+. The van der Waals surface area contributed by atoms with Crippen LogP contribution in [0.1, 0.15) is 11.1 Å². The fourth-order valence-corrected chi connectivity index (χ4v) is 2.01. The predicted molar refractivity (Wildman–Crippen MR) is 75.5 cm³/mol. The van der Waals surface area contributed by atoms with Gasteiger partial charge in [0, 0.05) is 4.47 Å². The maximum Gasteiger partial charge on any atom is 0.0693 e. The maximum absolute atomic E-state index is 9.25. The third-order valence-corrected chi connectivity index (χ3v) is 3.32. The zero-order valence-electron chi connectivity index (χ0n) is 9.31. The molecular formula is C15H13BrO. The lowest BCUT2D eigenvalue weighted by Gasteiger charge is -2.07. The van der Waals surface area contributed by atoms with E-state index in [-0.39, 0.29) is 6.61 Å². The third-order valence-electron chi connectivity index (χ3n) is 2.55. The van der Waals surface area contributed by atoms with Crippen LogP contribution in [0.5, 0.6) is 0 Å². The molecule has 0 atom stereocenters. The lowest BCUT2D eigenvalue weighted by molar-refractivity contribution is 0.281. The summed E-state index contributed by atoms with van der Waals surface area (Å²) in [5.74, 6) is 0. The van der Waals surface area contributed by atoms with E-state index in [4.69, 9.17) is 0 Å². The van der Waals surface area contributed by atoms with Gasteiger partial charge in [0.1, 0.15) is 0 Å². The molecule has 1 aromatic carbocycles. The molecule has 0 spiro atoms. The van der Waals surface area contributed by atoms with Crippen molar-refractivity contribution in [3.8, 4) is 0 Å². The highest BCUT2D eigenvalue weighted by molar-refractivity contribution is 9.10. The van der Waals surface area contributed by atoms with Gasteiger partial charge >= 0.3 is 0 Å². The first-order valence-electron chi connectivity index (χ1n) is 5.42. The molecule has 0 saturated carbocycles. The first kappa shape index (κ1) is 12.1. The van der Waals surface area contributed by atoms with Crippen molar-refractivity contribution in [2.75, 3.05) is 0 Å². The highest BCUT2D eigenvalue weighted by Gasteiger charge is 2.03. The minimum Gasteiger partial charge on any atom is -0.392 e. The Morgan fingerprint density at radius 2 is 1.76 bits per heavy atom. The van der Waals surface area contributed by atoms with Crippen LogP contribution in [0.25, 0.3) is 5.57 Å². The molecule has 86 valence electrons. The molecule has 0 amide bonds. The molecule has 0 fully saturated rings. The Bertz CT molecular complexity index is 522. The van der Waals surface area contributed by atoms with Crippen LogP contribution in [0.4, 0.5) is 0 Å². The summed E-state index contributed by atoms with van der Waals surface area (Å²) >= 11 is 3.42. The van der Waals surface area contributed by atoms with E-state index < -0.39 is 0 Å². The van der Waals surface area contributed by atoms with Crippen molar-refractivity contribution in [3.05, 3.63) is 76.3 Å². The Balaban J connectivity index is 2.39. The number of aliphatic hydroxyl groups excluding tert-OH is 1. The van der Waals surface area contributed by atoms with E-state index in [1.54, 1.807) is 0 Å². The summed E-state index contributed by atoms with van der Waals surface area (Å²) in [5, 5.41) is 9.25. The van der Waals surface area contributed by atoms with Crippen molar-refractivity contribution >= 4 is 21.5 Å². The van der Waals surface area contributed by atoms with Gasteiger partial charge in [0.25, 0.3) is 0 Å². The smallest absolute Gasteiger partial charge is 0.0693 e. The Hall–Kier alpha value is -1.38. The van der Waals surface area contributed by atoms with Gasteiger partial charge in [-0.15, -0.1) is 0 Å². The Morgan fingerprint density at radius 3 is 2.59 bits per heavy atom. The van der Waals surface area contributed by atoms with Gasteiger partial charge in [-0.3, -0.25) is 0 Å². The first-order chi connectivity index (χ1) is 8.31. The van der Waals surface area contributed by atoms with Crippen molar-refractivity contribution in [2.24, 2.45) is 0 Å². The fraction of sp³-hybridized carbons (Fsp3) is 0.0667. The van der Waals surface area contributed by atoms with E-state index in [1.165, 1.54) is 0 Å². The summed E-state index contributed by atoms with van der Waals surface area (Å²) in [6, 6.07) is 6.01. The van der Waals surface area contributed by atoms with Gasteiger partial charge in [-0.25, -0.2) is 0 Å². The quantitative estimate of drug-likeness (QED) is 0.872. The third kappa shape index (κ3) is 3.05. The average Bonchev–Trinajstić information content (AvgIpc) is 2.30. The zero-order chi connectivity index (χ0) is 12.1. The largest absolute Gasteiger partial charge is 0.392 e. The SMILES string of the molecule is OCc1cc(C2=C/C=C\C=C/C=C\2)ccc1Br. The molecule has 1 N–H and O–H groups in total. The summed E-state index contributed by atoms with van der Waals surface area (Å²) < 4.78 is 0.939. The molecule has 2 rings (SSSR count). The second-order valence-corrected chi connectivity index (χ2v) is 4.57. The van der Waals surface area contributed by atoms with Crippen molar-refractivity contribution in [1.29, 1.82) is 0 Å². The number of rotatable bonds is 2.